The van der Waals surface area contributed by atoms with Gasteiger partial charge in [0.25, 0.3) is 0 Å². The van der Waals surface area contributed by atoms with Crippen molar-refractivity contribution in [2.24, 2.45) is 5.73 Å². The molecule has 9 nitrogen and oxygen atoms in total. The van der Waals surface area contributed by atoms with Crippen LogP contribution < -0.4 is 16.4 Å². The van der Waals surface area contributed by atoms with E-state index in [1.807, 2.05) is 4.90 Å². The summed E-state index contributed by atoms with van der Waals surface area (Å²) in [6.45, 7) is 2.84. The minimum atomic E-state index is -0.659. The lowest BCUT2D eigenvalue weighted by molar-refractivity contribution is -0.123. The van der Waals surface area contributed by atoms with Gasteiger partial charge in [-0.05, 0) is 36.4 Å². The summed E-state index contributed by atoms with van der Waals surface area (Å²) in [5.74, 6) is -0.542. The van der Waals surface area contributed by atoms with Crippen LogP contribution in [0.5, 0.6) is 0 Å². The van der Waals surface area contributed by atoms with Gasteiger partial charge in [0, 0.05) is 54.4 Å². The Kier molecular flexibility index (Phi) is 8.47. The van der Waals surface area contributed by atoms with Crippen LogP contribution in [0.1, 0.15) is 11.7 Å². The van der Waals surface area contributed by atoms with Crippen LogP contribution in [0.2, 0.25) is 5.02 Å². The highest BCUT2D eigenvalue weighted by atomic mass is 35.5. The molecule has 35 heavy (non-hydrogen) atoms. The van der Waals surface area contributed by atoms with Gasteiger partial charge in [0.1, 0.15) is 16.9 Å². The number of hydrogen-bond donors (Lipinski definition) is 4. The van der Waals surface area contributed by atoms with Gasteiger partial charge in [-0.25, -0.2) is 4.39 Å². The van der Waals surface area contributed by atoms with Crippen LogP contribution in [-0.4, -0.2) is 69.6 Å². The fraction of sp³-hybridized carbons (Fsp3) is 0.304. The minimum absolute atomic E-state index is 0.0408. The second-order valence-electron chi connectivity index (χ2n) is 7.83. The molecule has 3 aromatic rings. The molecule has 1 aliphatic heterocycles. The van der Waals surface area contributed by atoms with E-state index in [0.29, 0.717) is 51.7 Å². The first kappa shape index (κ1) is 25.3. The van der Waals surface area contributed by atoms with E-state index in [0.717, 1.165) is 13.1 Å². The average Bonchev–Trinajstić information content (AvgIpc) is 2.85. The quantitative estimate of drug-likeness (QED) is 0.316. The number of carbonyl (C=O) groups is 1. The summed E-state index contributed by atoms with van der Waals surface area (Å²) in [6, 6.07) is 8.75. The highest BCUT2D eigenvalue weighted by Crippen LogP contribution is 2.33. The summed E-state index contributed by atoms with van der Waals surface area (Å²) < 4.78 is 14.5. The molecular formula is C23H25ClFN7O2S. The normalized spacial score (nSPS) is 15.1. The summed E-state index contributed by atoms with van der Waals surface area (Å²) in [5.41, 5.74) is 7.98. The first-order chi connectivity index (χ1) is 17.0. The Morgan fingerprint density at radius 3 is 2.80 bits per heavy atom. The van der Waals surface area contributed by atoms with Crippen LogP contribution in [0.3, 0.4) is 0 Å². The predicted molar refractivity (Wildman–Crippen MR) is 134 cm³/mol. The third-order valence-electron chi connectivity index (χ3n) is 5.42. The number of anilines is 2. The van der Waals surface area contributed by atoms with Crippen LogP contribution in [-0.2, 0) is 4.79 Å². The van der Waals surface area contributed by atoms with Crippen LogP contribution in [0.4, 0.5) is 15.8 Å². The lowest BCUT2D eigenvalue weighted by Gasteiger charge is -2.32. The summed E-state index contributed by atoms with van der Waals surface area (Å²) in [6.07, 6.45) is 1.60. The Morgan fingerprint density at radius 2 is 2.06 bits per heavy atom. The number of nitrogens with zero attached hydrogens (tertiary/aromatic N) is 4. The zero-order chi connectivity index (χ0) is 24.8. The molecule has 2 aromatic heterocycles. The van der Waals surface area contributed by atoms with Gasteiger partial charge in [-0.1, -0.05) is 11.6 Å². The number of aliphatic hydroxyl groups is 1. The van der Waals surface area contributed by atoms with E-state index in [1.54, 1.807) is 24.4 Å². The van der Waals surface area contributed by atoms with E-state index < -0.39 is 17.8 Å². The SMILES string of the molecule is NC(=O)C(c1cc(Nc2cc(-c3cc(Cl)ccc3F)nnc2SCCO)ccn1)N1CCNCC1. The van der Waals surface area contributed by atoms with Crippen LogP contribution in [0.15, 0.2) is 47.6 Å². The van der Waals surface area contributed by atoms with Crippen molar-refractivity contribution in [1.82, 2.24) is 25.4 Å². The number of nitrogens with one attached hydrogen (secondary N) is 2. The largest absolute Gasteiger partial charge is 0.396 e. The lowest BCUT2D eigenvalue weighted by atomic mass is 10.1. The van der Waals surface area contributed by atoms with Gasteiger partial charge in [-0.3, -0.25) is 14.7 Å². The molecule has 0 aliphatic carbocycles. The number of rotatable bonds is 9. The van der Waals surface area contributed by atoms with Crippen molar-refractivity contribution in [3.8, 4) is 11.3 Å². The number of piperazine rings is 1. The fourth-order valence-electron chi connectivity index (χ4n) is 3.83. The number of aliphatic hydroxyl groups excluding tert-OH is 1. The summed E-state index contributed by atoms with van der Waals surface area (Å²) in [5, 5.41) is 25.1. The number of primary amides is 1. The molecule has 184 valence electrons. The number of carbonyl (C=O) groups excluding carboxylic acids is 1. The molecule has 1 atom stereocenters. The summed E-state index contributed by atoms with van der Waals surface area (Å²) in [4.78, 5) is 18.7. The molecule has 1 aromatic carbocycles. The number of halogens is 2. The van der Waals surface area contributed by atoms with Gasteiger partial charge < -0.3 is 21.5 Å². The van der Waals surface area contributed by atoms with Gasteiger partial charge >= 0.3 is 0 Å². The van der Waals surface area contributed by atoms with Crippen molar-refractivity contribution in [1.29, 1.82) is 0 Å². The molecule has 0 spiro atoms. The first-order valence-electron chi connectivity index (χ1n) is 11.0. The van der Waals surface area contributed by atoms with Crippen LogP contribution in [0, 0.1) is 5.82 Å². The Bertz CT molecular complexity index is 1200. The number of pyridine rings is 1. The first-order valence-corrected chi connectivity index (χ1v) is 12.4. The van der Waals surface area contributed by atoms with E-state index >= 15 is 0 Å². The number of hydrogen-bond acceptors (Lipinski definition) is 9. The Morgan fingerprint density at radius 1 is 1.26 bits per heavy atom. The van der Waals surface area contributed by atoms with Crippen molar-refractivity contribution in [3.05, 3.63) is 59.1 Å². The van der Waals surface area contributed by atoms with Crippen molar-refractivity contribution in [2.75, 3.05) is 43.9 Å². The smallest absolute Gasteiger partial charge is 0.241 e. The maximum atomic E-state index is 14.5. The van der Waals surface area contributed by atoms with Crippen molar-refractivity contribution < 1.29 is 14.3 Å². The number of benzene rings is 1. The van der Waals surface area contributed by atoms with Crippen LogP contribution in [0.25, 0.3) is 11.3 Å². The highest BCUT2D eigenvalue weighted by Gasteiger charge is 2.28. The molecule has 1 aliphatic rings. The number of aromatic nitrogens is 3. The maximum Gasteiger partial charge on any atom is 0.241 e. The molecule has 0 saturated carbocycles. The van der Waals surface area contributed by atoms with E-state index in [-0.39, 0.29) is 12.2 Å². The molecule has 1 unspecified atom stereocenters. The summed E-state index contributed by atoms with van der Waals surface area (Å²) in [7, 11) is 0. The topological polar surface area (TPSA) is 129 Å². The monoisotopic (exact) mass is 517 g/mol. The molecule has 3 heterocycles. The summed E-state index contributed by atoms with van der Waals surface area (Å²) >= 11 is 7.36. The van der Waals surface area contributed by atoms with E-state index in [1.165, 1.54) is 30.0 Å². The lowest BCUT2D eigenvalue weighted by Crippen LogP contribution is -2.48. The zero-order valence-electron chi connectivity index (χ0n) is 18.7. The van der Waals surface area contributed by atoms with Crippen molar-refractivity contribution in [3.63, 3.8) is 0 Å². The number of thioether (sulfide) groups is 1. The molecule has 1 amide bonds. The second kappa shape index (κ2) is 11.7. The molecule has 12 heteroatoms. The van der Waals surface area contributed by atoms with Gasteiger partial charge in [-0.2, -0.15) is 0 Å². The Hall–Kier alpha value is -2.83. The van der Waals surface area contributed by atoms with Gasteiger partial charge in [0.05, 0.1) is 23.7 Å². The molecular weight excluding hydrogens is 493 g/mol. The predicted octanol–water partition coefficient (Wildman–Crippen LogP) is 2.59. The Labute approximate surface area is 211 Å². The molecule has 1 saturated heterocycles. The Balaban J connectivity index is 1.67. The van der Waals surface area contributed by atoms with Gasteiger partial charge in [-0.15, -0.1) is 22.0 Å². The fourth-order valence-corrected chi connectivity index (χ4v) is 4.65. The van der Waals surface area contributed by atoms with E-state index in [4.69, 9.17) is 17.3 Å². The highest BCUT2D eigenvalue weighted by molar-refractivity contribution is 7.99. The van der Waals surface area contributed by atoms with E-state index in [2.05, 4.69) is 25.8 Å². The third-order valence-corrected chi connectivity index (χ3v) is 6.62. The molecule has 0 bridgehead atoms. The number of nitrogens with two attached hydrogens (primary N) is 1. The molecule has 4 rings (SSSR count). The molecule has 1 fully saturated rings. The van der Waals surface area contributed by atoms with E-state index in [9.17, 15) is 14.3 Å². The minimum Gasteiger partial charge on any atom is -0.396 e. The van der Waals surface area contributed by atoms with Crippen molar-refractivity contribution >= 4 is 40.6 Å². The third kappa shape index (κ3) is 6.24. The molecule has 0 radical (unpaired) electrons. The molecule has 5 N–H and O–H groups in total. The van der Waals surface area contributed by atoms with Gasteiger partial charge in [0.2, 0.25) is 5.91 Å². The average molecular weight is 518 g/mol. The van der Waals surface area contributed by atoms with Crippen LogP contribution >= 0.6 is 23.4 Å². The zero-order valence-corrected chi connectivity index (χ0v) is 20.3. The second-order valence-corrected chi connectivity index (χ2v) is 9.35. The number of amides is 1. The maximum absolute atomic E-state index is 14.5. The van der Waals surface area contributed by atoms with Crippen molar-refractivity contribution in [2.45, 2.75) is 11.1 Å². The van der Waals surface area contributed by atoms with Gasteiger partial charge in [0.15, 0.2) is 0 Å². The standard InChI is InChI=1S/C23H25ClFN7O2S/c24-14-1-2-17(25)16(11-14)18-13-20(23(31-30-18)35-10-9-33)29-15-3-4-28-19(12-15)21(22(26)34)32-7-5-27-6-8-32/h1-4,11-13,21,27,33H,5-10H2,(H2,26,34)(H,28,29,30).